The van der Waals surface area contributed by atoms with Crippen molar-refractivity contribution in [2.75, 3.05) is 0 Å². The molecule has 2 aromatic rings. The Balaban J connectivity index is 2.35. The third-order valence-corrected chi connectivity index (χ3v) is 3.96. The van der Waals surface area contributed by atoms with Crippen molar-refractivity contribution < 1.29 is 9.59 Å². The first kappa shape index (κ1) is 14.6. The molecular formula is C14H13ClN2O2S. The molecule has 4 nitrogen and oxygen atoms in total. The molecule has 104 valence electrons. The first-order valence-corrected chi connectivity index (χ1v) is 7.16. The highest BCUT2D eigenvalue weighted by Crippen LogP contribution is 2.24. The second-order valence-corrected chi connectivity index (χ2v) is 5.68. The van der Waals surface area contributed by atoms with Gasteiger partial charge in [-0.15, -0.1) is 0 Å². The summed E-state index contributed by atoms with van der Waals surface area (Å²) in [6.45, 7) is 1.56. The van der Waals surface area contributed by atoms with Gasteiger partial charge < -0.3 is 11.1 Å². The number of primary amides is 1. The summed E-state index contributed by atoms with van der Waals surface area (Å²) in [7, 11) is 0. The van der Waals surface area contributed by atoms with Crippen LogP contribution < -0.4 is 11.1 Å². The molecule has 0 fully saturated rings. The molecule has 2 amide bonds. The Hall–Kier alpha value is -1.85. The largest absolute Gasteiger partial charge is 0.367 e. The first-order valence-electron chi connectivity index (χ1n) is 5.84. The molecule has 20 heavy (non-hydrogen) atoms. The van der Waals surface area contributed by atoms with Gasteiger partial charge in [0.05, 0.1) is 5.56 Å². The number of nitrogens with one attached hydrogen (secondary N) is 1. The van der Waals surface area contributed by atoms with Crippen LogP contribution in [0.3, 0.4) is 0 Å². The van der Waals surface area contributed by atoms with E-state index in [0.29, 0.717) is 16.1 Å². The quantitative estimate of drug-likeness (QED) is 0.911. The standard InChI is InChI=1S/C14H13ClN2O2S/c1-14(13(16)19,10-3-2-4-11(15)7-10)17-12(18)9-5-6-20-8-9/h2-8H,1H3,(H2,16,19)(H,17,18)/t14-/m0/s1. The van der Waals surface area contributed by atoms with Crippen LogP contribution in [0.15, 0.2) is 41.1 Å². The zero-order chi connectivity index (χ0) is 14.8. The van der Waals surface area contributed by atoms with Crippen LogP contribution >= 0.6 is 22.9 Å². The highest BCUT2D eigenvalue weighted by molar-refractivity contribution is 7.08. The fraction of sp³-hybridized carbons (Fsp3) is 0.143. The molecule has 0 saturated heterocycles. The predicted octanol–water partition coefficient (Wildman–Crippen LogP) is 2.53. The first-order chi connectivity index (χ1) is 9.43. The minimum absolute atomic E-state index is 0.354. The van der Waals surface area contributed by atoms with Gasteiger partial charge >= 0.3 is 0 Å². The number of halogens is 1. The van der Waals surface area contributed by atoms with Crippen molar-refractivity contribution in [3.05, 3.63) is 57.2 Å². The van der Waals surface area contributed by atoms with Crippen LogP contribution in [0.2, 0.25) is 5.02 Å². The van der Waals surface area contributed by atoms with Gasteiger partial charge in [0, 0.05) is 10.4 Å². The van der Waals surface area contributed by atoms with Gasteiger partial charge in [0.1, 0.15) is 5.54 Å². The molecule has 3 N–H and O–H groups in total. The Morgan fingerprint density at radius 3 is 2.65 bits per heavy atom. The van der Waals surface area contributed by atoms with E-state index < -0.39 is 11.4 Å². The van der Waals surface area contributed by atoms with E-state index in [0.717, 1.165) is 0 Å². The van der Waals surface area contributed by atoms with Gasteiger partial charge in [-0.2, -0.15) is 11.3 Å². The third kappa shape index (κ3) is 2.84. The summed E-state index contributed by atoms with van der Waals surface area (Å²) < 4.78 is 0. The lowest BCUT2D eigenvalue weighted by Crippen LogP contribution is -2.52. The van der Waals surface area contributed by atoms with Crippen LogP contribution in [-0.4, -0.2) is 11.8 Å². The molecule has 0 aliphatic carbocycles. The highest BCUT2D eigenvalue weighted by Gasteiger charge is 2.35. The van der Waals surface area contributed by atoms with Crippen LogP contribution in [0.1, 0.15) is 22.8 Å². The molecule has 0 saturated carbocycles. The Kier molecular flexibility index (Phi) is 4.11. The second kappa shape index (κ2) is 5.64. The Morgan fingerprint density at radius 1 is 1.35 bits per heavy atom. The third-order valence-electron chi connectivity index (χ3n) is 3.04. The molecule has 0 unspecified atom stereocenters. The van der Waals surface area contributed by atoms with E-state index in [1.807, 2.05) is 0 Å². The van der Waals surface area contributed by atoms with Crippen LogP contribution in [0.4, 0.5) is 0 Å². The summed E-state index contributed by atoms with van der Waals surface area (Å²) in [6, 6.07) is 8.38. The van der Waals surface area contributed by atoms with E-state index >= 15 is 0 Å². The molecule has 0 radical (unpaired) electrons. The number of nitrogens with two attached hydrogens (primary N) is 1. The molecule has 1 heterocycles. The van der Waals surface area contributed by atoms with Gasteiger partial charge in [-0.25, -0.2) is 0 Å². The average Bonchev–Trinajstić information content (AvgIpc) is 2.92. The molecule has 0 aliphatic rings. The molecule has 1 aromatic carbocycles. The SMILES string of the molecule is C[C@@](NC(=O)c1ccsc1)(C(N)=O)c1cccc(Cl)c1. The van der Waals surface area contributed by atoms with Gasteiger partial charge in [0.15, 0.2) is 0 Å². The monoisotopic (exact) mass is 308 g/mol. The summed E-state index contributed by atoms with van der Waals surface area (Å²) in [5, 5.41) is 6.64. The summed E-state index contributed by atoms with van der Waals surface area (Å²) >= 11 is 7.33. The van der Waals surface area contributed by atoms with Crippen molar-refractivity contribution in [3.8, 4) is 0 Å². The molecule has 0 bridgehead atoms. The fourth-order valence-corrected chi connectivity index (χ4v) is 2.59. The second-order valence-electron chi connectivity index (χ2n) is 4.47. The van der Waals surface area contributed by atoms with Gasteiger partial charge in [-0.3, -0.25) is 9.59 Å². The molecule has 2 rings (SSSR count). The molecule has 6 heteroatoms. The Morgan fingerprint density at radius 2 is 2.10 bits per heavy atom. The van der Waals surface area contributed by atoms with E-state index in [9.17, 15) is 9.59 Å². The maximum Gasteiger partial charge on any atom is 0.253 e. The number of amides is 2. The zero-order valence-electron chi connectivity index (χ0n) is 10.7. The topological polar surface area (TPSA) is 72.2 Å². The van der Waals surface area contributed by atoms with Crippen molar-refractivity contribution in [3.63, 3.8) is 0 Å². The van der Waals surface area contributed by atoms with Gasteiger partial charge in [-0.05, 0) is 36.1 Å². The van der Waals surface area contributed by atoms with Crippen LogP contribution in [0.5, 0.6) is 0 Å². The Bertz CT molecular complexity index is 642. The average molecular weight is 309 g/mol. The van der Waals surface area contributed by atoms with Gasteiger partial charge in [0.25, 0.3) is 5.91 Å². The van der Waals surface area contributed by atoms with Gasteiger partial charge in [0.2, 0.25) is 5.91 Å². The van der Waals surface area contributed by atoms with Crippen molar-refractivity contribution in [2.24, 2.45) is 5.73 Å². The maximum absolute atomic E-state index is 12.1. The van der Waals surface area contributed by atoms with Gasteiger partial charge in [-0.1, -0.05) is 23.7 Å². The molecule has 0 spiro atoms. The molecular weight excluding hydrogens is 296 g/mol. The van der Waals surface area contributed by atoms with E-state index in [4.69, 9.17) is 17.3 Å². The normalized spacial score (nSPS) is 13.5. The summed E-state index contributed by atoms with van der Waals surface area (Å²) in [5.41, 5.74) is 5.18. The number of carbonyl (C=O) groups is 2. The highest BCUT2D eigenvalue weighted by atomic mass is 35.5. The predicted molar refractivity (Wildman–Crippen MR) is 79.8 cm³/mol. The van der Waals surface area contributed by atoms with Crippen LogP contribution in [-0.2, 0) is 10.3 Å². The van der Waals surface area contributed by atoms with E-state index in [1.54, 1.807) is 48.0 Å². The number of hydrogen-bond donors (Lipinski definition) is 2. The van der Waals surface area contributed by atoms with Crippen molar-refractivity contribution in [2.45, 2.75) is 12.5 Å². The number of benzene rings is 1. The maximum atomic E-state index is 12.1. The fourth-order valence-electron chi connectivity index (χ4n) is 1.77. The molecule has 1 aromatic heterocycles. The van der Waals surface area contributed by atoms with Crippen LogP contribution in [0, 0.1) is 0 Å². The summed E-state index contributed by atoms with van der Waals surface area (Å²) in [6.07, 6.45) is 0. The van der Waals surface area contributed by atoms with E-state index in [2.05, 4.69) is 5.32 Å². The van der Waals surface area contributed by atoms with E-state index in [1.165, 1.54) is 11.3 Å². The smallest absolute Gasteiger partial charge is 0.253 e. The summed E-state index contributed by atoms with van der Waals surface area (Å²) in [4.78, 5) is 23.9. The minimum atomic E-state index is -1.32. The zero-order valence-corrected chi connectivity index (χ0v) is 12.3. The number of thiophene rings is 1. The minimum Gasteiger partial charge on any atom is -0.367 e. The lowest BCUT2D eigenvalue weighted by atomic mass is 9.91. The van der Waals surface area contributed by atoms with E-state index in [-0.39, 0.29) is 5.91 Å². The molecule has 1 atom stereocenters. The summed E-state index contributed by atoms with van der Waals surface area (Å²) in [5.74, 6) is -1.00. The van der Waals surface area contributed by atoms with Crippen molar-refractivity contribution in [1.82, 2.24) is 5.32 Å². The number of carbonyl (C=O) groups excluding carboxylic acids is 2. The molecule has 0 aliphatic heterocycles. The Labute approximate surface area is 125 Å². The lowest BCUT2D eigenvalue weighted by Gasteiger charge is -2.28. The lowest BCUT2D eigenvalue weighted by molar-refractivity contribution is -0.123. The van der Waals surface area contributed by atoms with Crippen molar-refractivity contribution in [1.29, 1.82) is 0 Å². The number of rotatable bonds is 4. The van der Waals surface area contributed by atoms with Crippen molar-refractivity contribution >= 4 is 34.8 Å². The number of hydrogen-bond acceptors (Lipinski definition) is 3. The van der Waals surface area contributed by atoms with Crippen LogP contribution in [0.25, 0.3) is 0 Å².